The summed E-state index contributed by atoms with van der Waals surface area (Å²) in [5, 5.41) is 9.54. The zero-order valence-electron chi connectivity index (χ0n) is 19.5. The van der Waals surface area contributed by atoms with Crippen LogP contribution in [0.2, 0.25) is 5.02 Å². The second kappa shape index (κ2) is 11.8. The first kappa shape index (κ1) is 25.5. The molecule has 0 aliphatic heterocycles. The van der Waals surface area contributed by atoms with E-state index >= 15 is 0 Å². The summed E-state index contributed by atoms with van der Waals surface area (Å²) in [7, 11) is 0. The number of rotatable bonds is 7. The van der Waals surface area contributed by atoms with E-state index in [0.717, 1.165) is 22.4 Å². The Hall–Kier alpha value is -4.17. The summed E-state index contributed by atoms with van der Waals surface area (Å²) in [5.41, 5.74) is 7.03. The van der Waals surface area contributed by atoms with Crippen molar-refractivity contribution >= 4 is 46.9 Å². The predicted octanol–water partition coefficient (Wildman–Crippen LogP) is 4.37. The first-order valence-corrected chi connectivity index (χ1v) is 11.1. The summed E-state index contributed by atoms with van der Waals surface area (Å²) >= 11 is 5.86. The Morgan fingerprint density at radius 1 is 0.914 bits per heavy atom. The summed E-state index contributed by atoms with van der Waals surface area (Å²) in [4.78, 5) is 36.3. The third kappa shape index (κ3) is 7.68. The molecule has 0 saturated carbocycles. The van der Waals surface area contributed by atoms with Crippen molar-refractivity contribution in [3.8, 4) is 5.75 Å². The molecule has 0 aliphatic rings. The normalized spacial score (nSPS) is 10.6. The predicted molar refractivity (Wildman–Crippen MR) is 137 cm³/mol. The summed E-state index contributed by atoms with van der Waals surface area (Å²) < 4.78 is 5.59. The summed E-state index contributed by atoms with van der Waals surface area (Å²) in [6, 6.07) is 17.2. The van der Waals surface area contributed by atoms with Gasteiger partial charge < -0.3 is 15.4 Å². The van der Waals surface area contributed by atoms with E-state index in [4.69, 9.17) is 16.3 Å². The number of anilines is 2. The molecule has 180 valence electrons. The van der Waals surface area contributed by atoms with Crippen LogP contribution in [0.1, 0.15) is 22.3 Å². The monoisotopic (exact) mass is 492 g/mol. The molecule has 0 bridgehead atoms. The van der Waals surface area contributed by atoms with Crippen LogP contribution in [0.4, 0.5) is 11.4 Å². The minimum atomic E-state index is -0.938. The van der Waals surface area contributed by atoms with E-state index < -0.39 is 11.8 Å². The third-order valence-electron chi connectivity index (χ3n) is 4.84. The Morgan fingerprint density at radius 2 is 1.63 bits per heavy atom. The standard InChI is InChI=1S/C26H25ClN4O4/c1-16-10-17(2)24(18(3)11-16)30-23(32)15-35-22-9-4-6-19(12-22)14-28-31-26(34)25(33)29-21-8-5-7-20(27)13-21/h4-14H,15H2,1-3H3,(H,29,33)(H,30,32)(H,31,34)/b28-14-. The number of nitrogens with one attached hydrogen (secondary N) is 3. The topological polar surface area (TPSA) is 109 Å². The highest BCUT2D eigenvalue weighted by molar-refractivity contribution is 6.39. The molecule has 3 rings (SSSR count). The lowest BCUT2D eigenvalue weighted by atomic mass is 10.1. The SMILES string of the molecule is Cc1cc(C)c(NC(=O)COc2cccc(/C=N\NC(=O)C(=O)Nc3cccc(Cl)c3)c2)c(C)c1. The minimum absolute atomic E-state index is 0.173. The van der Waals surface area contributed by atoms with Crippen molar-refractivity contribution in [1.82, 2.24) is 5.43 Å². The minimum Gasteiger partial charge on any atom is -0.484 e. The van der Waals surface area contributed by atoms with E-state index in [1.54, 1.807) is 42.5 Å². The highest BCUT2D eigenvalue weighted by atomic mass is 35.5. The number of hydrogen-bond acceptors (Lipinski definition) is 5. The molecule has 0 fully saturated rings. The van der Waals surface area contributed by atoms with Crippen LogP contribution in [0.25, 0.3) is 0 Å². The third-order valence-corrected chi connectivity index (χ3v) is 5.07. The molecular formula is C26H25ClN4O4. The Kier molecular flexibility index (Phi) is 8.58. The van der Waals surface area contributed by atoms with E-state index in [-0.39, 0.29) is 12.5 Å². The van der Waals surface area contributed by atoms with Crippen molar-refractivity contribution in [3.05, 3.63) is 87.9 Å². The molecule has 3 N–H and O–H groups in total. The molecule has 0 heterocycles. The molecule has 0 radical (unpaired) electrons. The highest BCUT2D eigenvalue weighted by Gasteiger charge is 2.13. The molecule has 0 aromatic heterocycles. The lowest BCUT2D eigenvalue weighted by Gasteiger charge is -2.13. The number of amides is 3. The smallest absolute Gasteiger partial charge is 0.329 e. The van der Waals surface area contributed by atoms with Crippen LogP contribution in [0.5, 0.6) is 5.75 Å². The first-order valence-electron chi connectivity index (χ1n) is 10.7. The number of benzene rings is 3. The van der Waals surface area contributed by atoms with Gasteiger partial charge in [0.15, 0.2) is 6.61 Å². The maximum atomic E-state index is 12.4. The molecule has 0 spiro atoms. The highest BCUT2D eigenvalue weighted by Crippen LogP contribution is 2.22. The second-order valence-electron chi connectivity index (χ2n) is 7.85. The van der Waals surface area contributed by atoms with Gasteiger partial charge >= 0.3 is 11.8 Å². The number of nitrogens with zero attached hydrogens (tertiary/aromatic N) is 1. The van der Waals surface area contributed by atoms with E-state index in [2.05, 4.69) is 21.2 Å². The molecule has 3 aromatic carbocycles. The zero-order valence-corrected chi connectivity index (χ0v) is 20.3. The van der Waals surface area contributed by atoms with E-state index in [1.165, 1.54) is 12.3 Å². The van der Waals surface area contributed by atoms with Gasteiger partial charge in [0.1, 0.15) is 5.75 Å². The van der Waals surface area contributed by atoms with E-state index in [1.807, 2.05) is 32.9 Å². The van der Waals surface area contributed by atoms with Gasteiger partial charge in [-0.05, 0) is 67.8 Å². The van der Waals surface area contributed by atoms with Crippen LogP contribution >= 0.6 is 11.6 Å². The molecule has 35 heavy (non-hydrogen) atoms. The summed E-state index contributed by atoms with van der Waals surface area (Å²) in [6.07, 6.45) is 1.36. The van der Waals surface area contributed by atoms with Crippen LogP contribution in [0.15, 0.2) is 65.8 Å². The lowest BCUT2D eigenvalue weighted by Crippen LogP contribution is -2.32. The van der Waals surface area contributed by atoms with Gasteiger partial charge in [0.05, 0.1) is 6.21 Å². The van der Waals surface area contributed by atoms with Crippen LogP contribution in [-0.2, 0) is 14.4 Å². The van der Waals surface area contributed by atoms with Gasteiger partial charge in [-0.15, -0.1) is 0 Å². The van der Waals surface area contributed by atoms with E-state index in [0.29, 0.717) is 22.0 Å². The maximum Gasteiger partial charge on any atom is 0.329 e. The van der Waals surface area contributed by atoms with Crippen LogP contribution < -0.4 is 20.8 Å². The summed E-state index contributed by atoms with van der Waals surface area (Å²) in [5.74, 6) is -1.65. The number of hydrogen-bond donors (Lipinski definition) is 3. The maximum absolute atomic E-state index is 12.4. The quantitative estimate of drug-likeness (QED) is 0.258. The number of aryl methyl sites for hydroxylation is 3. The Balaban J connectivity index is 1.51. The summed E-state index contributed by atoms with van der Waals surface area (Å²) in [6.45, 7) is 5.72. The number of carbonyl (C=O) groups is 3. The average molecular weight is 493 g/mol. The van der Waals surface area contributed by atoms with E-state index in [9.17, 15) is 14.4 Å². The van der Waals surface area contributed by atoms with Crippen molar-refractivity contribution in [1.29, 1.82) is 0 Å². The van der Waals surface area contributed by atoms with Gasteiger partial charge in [-0.25, -0.2) is 5.43 Å². The zero-order chi connectivity index (χ0) is 25.4. The molecular weight excluding hydrogens is 468 g/mol. The Bertz CT molecular complexity index is 1270. The largest absolute Gasteiger partial charge is 0.484 e. The molecule has 0 aliphatic carbocycles. The van der Waals surface area contributed by atoms with Crippen molar-refractivity contribution in [2.75, 3.05) is 17.2 Å². The van der Waals surface area contributed by atoms with Crippen molar-refractivity contribution in [3.63, 3.8) is 0 Å². The van der Waals surface area contributed by atoms with Crippen LogP contribution in [0, 0.1) is 20.8 Å². The van der Waals surface area contributed by atoms with Gasteiger partial charge in [-0.1, -0.05) is 47.5 Å². The average Bonchev–Trinajstić information content (AvgIpc) is 2.80. The van der Waals surface area contributed by atoms with Crippen molar-refractivity contribution < 1.29 is 19.1 Å². The molecule has 3 amide bonds. The Morgan fingerprint density at radius 3 is 2.34 bits per heavy atom. The fraction of sp³-hybridized carbons (Fsp3) is 0.154. The van der Waals surface area contributed by atoms with Crippen LogP contribution in [-0.4, -0.2) is 30.5 Å². The number of hydrazone groups is 1. The fourth-order valence-corrected chi connectivity index (χ4v) is 3.55. The molecule has 3 aromatic rings. The number of carbonyl (C=O) groups excluding carboxylic acids is 3. The van der Waals surface area contributed by atoms with Gasteiger partial charge in [-0.2, -0.15) is 5.10 Å². The van der Waals surface area contributed by atoms with Crippen molar-refractivity contribution in [2.45, 2.75) is 20.8 Å². The fourth-order valence-electron chi connectivity index (χ4n) is 3.36. The number of halogens is 1. The van der Waals surface area contributed by atoms with Crippen LogP contribution in [0.3, 0.4) is 0 Å². The molecule has 0 unspecified atom stereocenters. The molecule has 8 nitrogen and oxygen atoms in total. The van der Waals surface area contributed by atoms with Gasteiger partial charge in [0.2, 0.25) is 0 Å². The van der Waals surface area contributed by atoms with Crippen molar-refractivity contribution in [2.24, 2.45) is 5.10 Å². The van der Waals surface area contributed by atoms with Gasteiger partial charge in [-0.3, -0.25) is 14.4 Å². The molecule has 0 atom stereocenters. The number of ether oxygens (including phenoxy) is 1. The van der Waals surface area contributed by atoms with Gasteiger partial charge in [0.25, 0.3) is 5.91 Å². The first-order chi connectivity index (χ1) is 16.7. The lowest BCUT2D eigenvalue weighted by molar-refractivity contribution is -0.136. The van der Waals surface area contributed by atoms with Gasteiger partial charge in [0, 0.05) is 16.4 Å². The second-order valence-corrected chi connectivity index (χ2v) is 8.28. The Labute approximate surface area is 208 Å². The molecule has 9 heteroatoms. The molecule has 0 saturated heterocycles.